The summed E-state index contributed by atoms with van der Waals surface area (Å²) in [6.07, 6.45) is 0.304. The summed E-state index contributed by atoms with van der Waals surface area (Å²) < 4.78 is 63.4. The van der Waals surface area contributed by atoms with Crippen molar-refractivity contribution in [3.63, 3.8) is 0 Å². The minimum atomic E-state index is -3.63. The molecule has 4 rings (SSSR count). The maximum Gasteiger partial charge on any atom is 0.309 e. The van der Waals surface area contributed by atoms with Crippen LogP contribution < -0.4 is 14.2 Å². The fourth-order valence-electron chi connectivity index (χ4n) is 5.39. The Morgan fingerprint density at radius 1 is 1.15 bits per heavy atom. The molecule has 0 aliphatic carbocycles. The predicted molar refractivity (Wildman–Crippen MR) is 146 cm³/mol. The summed E-state index contributed by atoms with van der Waals surface area (Å²) in [5.74, 6) is -1.83. The third kappa shape index (κ3) is 6.63. The lowest BCUT2D eigenvalue weighted by molar-refractivity contribution is -0.143. The number of alkyl halides is 1. The van der Waals surface area contributed by atoms with Gasteiger partial charge in [-0.25, -0.2) is 12.8 Å². The van der Waals surface area contributed by atoms with E-state index >= 15 is 0 Å². The lowest BCUT2D eigenvalue weighted by Crippen LogP contribution is -2.42. The Hall–Kier alpha value is -2.64. The van der Waals surface area contributed by atoms with Crippen molar-refractivity contribution in [2.75, 3.05) is 65.4 Å². The molecule has 2 aliphatic heterocycles. The van der Waals surface area contributed by atoms with E-state index in [1.54, 1.807) is 18.2 Å². The van der Waals surface area contributed by atoms with Crippen LogP contribution in [0.25, 0.3) is 0 Å². The van der Waals surface area contributed by atoms with E-state index < -0.39 is 39.7 Å². The molecule has 13 heteroatoms. The number of fused-ring (bicyclic) bond motifs is 1. The minimum Gasteiger partial charge on any atom is -0.494 e. The predicted octanol–water partition coefficient (Wildman–Crippen LogP) is 3.31. The number of ether oxygens (including phenoxy) is 4. The molecule has 40 heavy (non-hydrogen) atoms. The van der Waals surface area contributed by atoms with Crippen molar-refractivity contribution in [1.82, 2.24) is 9.21 Å². The lowest BCUT2D eigenvalue weighted by atomic mass is 9.82. The molecule has 0 radical (unpaired) electrons. The second kappa shape index (κ2) is 13.3. The summed E-state index contributed by atoms with van der Waals surface area (Å²) in [5.41, 5.74) is 1.20. The van der Waals surface area contributed by atoms with Crippen LogP contribution in [0.1, 0.15) is 29.5 Å². The van der Waals surface area contributed by atoms with Crippen molar-refractivity contribution in [1.29, 1.82) is 0 Å². The first-order valence-corrected chi connectivity index (χ1v) is 15.1. The first kappa shape index (κ1) is 30.3. The highest BCUT2D eigenvalue weighted by Gasteiger charge is 2.48. The number of methoxy groups -OCH3 is 2. The normalized spacial score (nSPS) is 20.8. The maximum atomic E-state index is 14.8. The van der Waals surface area contributed by atoms with Crippen LogP contribution in [0.4, 0.5) is 4.39 Å². The van der Waals surface area contributed by atoms with Gasteiger partial charge >= 0.3 is 5.97 Å². The Balaban J connectivity index is 1.69. The van der Waals surface area contributed by atoms with E-state index in [0.717, 1.165) is 5.56 Å². The van der Waals surface area contributed by atoms with Crippen molar-refractivity contribution in [2.45, 2.75) is 18.4 Å². The van der Waals surface area contributed by atoms with E-state index in [0.29, 0.717) is 30.0 Å². The van der Waals surface area contributed by atoms with E-state index in [9.17, 15) is 22.7 Å². The van der Waals surface area contributed by atoms with Gasteiger partial charge in [0.25, 0.3) is 0 Å². The van der Waals surface area contributed by atoms with Crippen LogP contribution in [0.2, 0.25) is 0 Å². The molecule has 0 saturated carbocycles. The van der Waals surface area contributed by atoms with Gasteiger partial charge in [-0.2, -0.15) is 4.31 Å². The van der Waals surface area contributed by atoms with Crippen molar-refractivity contribution < 1.29 is 41.7 Å². The number of carboxylic acids is 1. The number of nitrogens with zero attached hydrogens (tertiary/aromatic N) is 2. The van der Waals surface area contributed by atoms with Gasteiger partial charge in [-0.05, 0) is 41.8 Å². The van der Waals surface area contributed by atoms with Crippen molar-refractivity contribution in [3.05, 3.63) is 53.3 Å². The molecule has 0 aromatic heterocycles. The van der Waals surface area contributed by atoms with Crippen molar-refractivity contribution >= 4 is 27.6 Å². The Labute approximate surface area is 238 Å². The second-order valence-electron chi connectivity index (χ2n) is 9.67. The van der Waals surface area contributed by atoms with Gasteiger partial charge in [-0.15, -0.1) is 11.6 Å². The summed E-state index contributed by atoms with van der Waals surface area (Å²) in [7, 11) is -0.782. The van der Waals surface area contributed by atoms with Gasteiger partial charge in [0.05, 0.1) is 25.4 Å². The monoisotopic (exact) mass is 600 g/mol. The molecule has 3 atom stereocenters. The zero-order valence-corrected chi connectivity index (χ0v) is 24.0. The van der Waals surface area contributed by atoms with Gasteiger partial charge in [0.1, 0.15) is 0 Å². The van der Waals surface area contributed by atoms with Gasteiger partial charge in [0.2, 0.25) is 16.8 Å². The average molecular weight is 601 g/mol. The fourth-order valence-corrected chi connectivity index (χ4v) is 7.17. The minimum absolute atomic E-state index is 0.0450. The number of halogens is 2. The second-order valence-corrected chi connectivity index (χ2v) is 12.1. The van der Waals surface area contributed by atoms with Crippen LogP contribution in [0.15, 0.2) is 36.4 Å². The van der Waals surface area contributed by atoms with Crippen LogP contribution >= 0.6 is 11.6 Å². The Morgan fingerprint density at radius 3 is 2.58 bits per heavy atom. The number of likely N-dealkylation sites (tertiary alicyclic amines) is 1. The standard InChI is InChI=1S/C27H34ClFN2O8S/c1-36-12-11-31(40(34,35)13-3-8-28)10-9-30-16-20(18-4-7-23-24(15-18)39-17-38-23)25(27(32)33)26(30)19-5-6-22(37-2)21(29)14-19/h4-7,14-15,20,25-26H,3,8-13,16-17H2,1-2H3,(H,32,33)/t20-,25+,26-/m1/s1. The molecule has 2 heterocycles. The molecule has 0 spiro atoms. The number of carboxylic acid groups (broad SMARTS) is 1. The largest absolute Gasteiger partial charge is 0.494 e. The summed E-state index contributed by atoms with van der Waals surface area (Å²) >= 11 is 5.75. The number of aliphatic carboxylic acids is 1. The van der Waals surface area contributed by atoms with Crippen LogP contribution in [0.5, 0.6) is 17.2 Å². The van der Waals surface area contributed by atoms with Gasteiger partial charge in [-0.3, -0.25) is 9.69 Å². The molecule has 1 fully saturated rings. The van der Waals surface area contributed by atoms with Gasteiger partial charge in [0.15, 0.2) is 23.1 Å². The lowest BCUT2D eigenvalue weighted by Gasteiger charge is -2.30. The van der Waals surface area contributed by atoms with E-state index in [2.05, 4.69) is 0 Å². The number of carbonyl (C=O) groups is 1. The molecule has 0 bridgehead atoms. The molecule has 10 nitrogen and oxygen atoms in total. The van der Waals surface area contributed by atoms with Crippen molar-refractivity contribution in [3.8, 4) is 17.2 Å². The molecule has 0 amide bonds. The Morgan fingerprint density at radius 2 is 1.90 bits per heavy atom. The molecule has 220 valence electrons. The molecule has 2 aromatic carbocycles. The van der Waals surface area contributed by atoms with Gasteiger partial charge in [-0.1, -0.05) is 12.1 Å². The Bertz CT molecular complexity index is 1300. The first-order chi connectivity index (χ1) is 19.2. The summed E-state index contributed by atoms with van der Waals surface area (Å²) in [5, 5.41) is 10.4. The van der Waals surface area contributed by atoms with Crippen LogP contribution in [-0.2, 0) is 19.6 Å². The number of sulfonamides is 1. The molecule has 1 N–H and O–H groups in total. The van der Waals surface area contributed by atoms with E-state index in [1.807, 2.05) is 11.0 Å². The summed E-state index contributed by atoms with van der Waals surface area (Å²) in [6, 6.07) is 9.01. The number of benzene rings is 2. The smallest absolute Gasteiger partial charge is 0.309 e. The summed E-state index contributed by atoms with van der Waals surface area (Å²) in [6.45, 7) is 1.04. The van der Waals surface area contributed by atoms with E-state index in [-0.39, 0.29) is 50.4 Å². The van der Waals surface area contributed by atoms with Crippen LogP contribution in [-0.4, -0.2) is 94.1 Å². The SMILES string of the molecule is COCCN(CCN1C[C@H](c2ccc3c(c2)OCO3)[C@H](C(=O)O)[C@H]1c1ccc(OC)c(F)c1)S(=O)(=O)CCCCl. The average Bonchev–Trinajstić information content (AvgIpc) is 3.56. The third-order valence-electron chi connectivity index (χ3n) is 7.34. The maximum absolute atomic E-state index is 14.8. The molecule has 2 aromatic rings. The molecular formula is C27H34ClFN2O8S. The number of hydrogen-bond donors (Lipinski definition) is 1. The zero-order chi connectivity index (χ0) is 28.9. The Kier molecular flexibility index (Phi) is 10.1. The third-order valence-corrected chi connectivity index (χ3v) is 9.56. The quantitative estimate of drug-likeness (QED) is 0.326. The van der Waals surface area contributed by atoms with Gasteiger partial charge < -0.3 is 24.1 Å². The number of hydrogen-bond acceptors (Lipinski definition) is 8. The molecule has 1 saturated heterocycles. The fraction of sp³-hybridized carbons (Fsp3) is 0.519. The van der Waals surface area contributed by atoms with E-state index in [1.165, 1.54) is 30.7 Å². The van der Waals surface area contributed by atoms with Gasteiger partial charge in [0, 0.05) is 51.1 Å². The topological polar surface area (TPSA) is 115 Å². The van der Waals surface area contributed by atoms with Crippen LogP contribution in [0.3, 0.4) is 0 Å². The highest BCUT2D eigenvalue weighted by molar-refractivity contribution is 7.89. The number of rotatable bonds is 14. The molecular weight excluding hydrogens is 567 g/mol. The van der Waals surface area contributed by atoms with Crippen molar-refractivity contribution in [2.24, 2.45) is 5.92 Å². The highest BCUT2D eigenvalue weighted by atomic mass is 35.5. The summed E-state index contributed by atoms with van der Waals surface area (Å²) in [4.78, 5) is 14.7. The first-order valence-electron chi connectivity index (χ1n) is 12.9. The van der Waals surface area contributed by atoms with Crippen LogP contribution in [0, 0.1) is 11.7 Å². The zero-order valence-electron chi connectivity index (χ0n) is 22.4. The molecule has 2 aliphatic rings. The molecule has 0 unspecified atom stereocenters. The highest BCUT2D eigenvalue weighted by Crippen LogP contribution is 2.48. The van der Waals surface area contributed by atoms with E-state index in [4.69, 9.17) is 30.5 Å².